The molecule has 2 nitrogen and oxygen atoms in total. The molecule has 0 fully saturated rings. The Bertz CT molecular complexity index is 522. The van der Waals surface area contributed by atoms with Crippen molar-refractivity contribution in [1.82, 2.24) is 0 Å². The molecule has 1 unspecified atom stereocenters. The molecule has 0 bridgehead atoms. The summed E-state index contributed by atoms with van der Waals surface area (Å²) in [5.74, 6) is 0.949. The minimum Gasteiger partial charge on any atom is -0.482 e. The standard InChI is InChI=1S/C15H15NO/c1-11-6-5-9-13-15(11)16-10-14(17-13)12-7-3-2-4-8-12/h2-9,14,16H,10H2,1H3. The molecule has 0 spiro atoms. The maximum absolute atomic E-state index is 6.04. The third-order valence-electron chi connectivity index (χ3n) is 3.14. The van der Waals surface area contributed by atoms with E-state index in [1.165, 1.54) is 11.1 Å². The molecule has 2 aromatic carbocycles. The van der Waals surface area contributed by atoms with Gasteiger partial charge in [-0.1, -0.05) is 42.5 Å². The smallest absolute Gasteiger partial charge is 0.143 e. The number of anilines is 1. The van der Waals surface area contributed by atoms with E-state index in [1.54, 1.807) is 0 Å². The summed E-state index contributed by atoms with van der Waals surface area (Å²) in [4.78, 5) is 0. The van der Waals surface area contributed by atoms with Crippen LogP contribution < -0.4 is 10.1 Å². The molecule has 2 aromatic rings. The van der Waals surface area contributed by atoms with E-state index in [-0.39, 0.29) is 6.10 Å². The van der Waals surface area contributed by atoms with Crippen molar-refractivity contribution in [2.75, 3.05) is 11.9 Å². The number of nitrogens with one attached hydrogen (secondary N) is 1. The van der Waals surface area contributed by atoms with Gasteiger partial charge in [0.2, 0.25) is 0 Å². The van der Waals surface area contributed by atoms with Crippen LogP contribution >= 0.6 is 0 Å². The van der Waals surface area contributed by atoms with Crippen LogP contribution in [0.15, 0.2) is 48.5 Å². The highest BCUT2D eigenvalue weighted by Gasteiger charge is 2.21. The van der Waals surface area contributed by atoms with Crippen molar-refractivity contribution in [2.45, 2.75) is 13.0 Å². The van der Waals surface area contributed by atoms with Crippen molar-refractivity contribution in [3.05, 3.63) is 59.7 Å². The number of ether oxygens (including phenoxy) is 1. The van der Waals surface area contributed by atoms with E-state index in [4.69, 9.17) is 4.74 Å². The zero-order chi connectivity index (χ0) is 11.7. The first-order chi connectivity index (χ1) is 8.34. The van der Waals surface area contributed by atoms with E-state index < -0.39 is 0 Å². The Labute approximate surface area is 101 Å². The molecule has 2 heteroatoms. The SMILES string of the molecule is Cc1cccc2c1NCC(c1ccccc1)O2. The number of aryl methyl sites for hydroxylation is 1. The minimum absolute atomic E-state index is 0.102. The van der Waals surface area contributed by atoms with Gasteiger partial charge >= 0.3 is 0 Å². The lowest BCUT2D eigenvalue weighted by atomic mass is 10.1. The summed E-state index contributed by atoms with van der Waals surface area (Å²) in [5, 5.41) is 3.45. The summed E-state index contributed by atoms with van der Waals surface area (Å²) in [6.45, 7) is 2.92. The Balaban J connectivity index is 1.91. The minimum atomic E-state index is 0.102. The summed E-state index contributed by atoms with van der Waals surface area (Å²) >= 11 is 0. The van der Waals surface area contributed by atoms with Gasteiger partial charge in [-0.05, 0) is 24.1 Å². The monoisotopic (exact) mass is 225 g/mol. The Hall–Kier alpha value is -1.96. The third kappa shape index (κ3) is 1.86. The predicted molar refractivity (Wildman–Crippen MR) is 69.5 cm³/mol. The lowest BCUT2D eigenvalue weighted by molar-refractivity contribution is 0.210. The van der Waals surface area contributed by atoms with Gasteiger partial charge in [0, 0.05) is 0 Å². The molecule has 0 saturated carbocycles. The molecule has 1 atom stereocenters. The average molecular weight is 225 g/mol. The van der Waals surface area contributed by atoms with Crippen LogP contribution in [0.25, 0.3) is 0 Å². The molecule has 0 saturated heterocycles. The van der Waals surface area contributed by atoms with Gasteiger partial charge < -0.3 is 10.1 Å². The highest BCUT2D eigenvalue weighted by molar-refractivity contribution is 5.63. The van der Waals surface area contributed by atoms with E-state index in [1.807, 2.05) is 30.3 Å². The first-order valence-corrected chi connectivity index (χ1v) is 5.90. The highest BCUT2D eigenvalue weighted by Crippen LogP contribution is 2.35. The van der Waals surface area contributed by atoms with Crippen LogP contribution in [0.4, 0.5) is 5.69 Å². The summed E-state index contributed by atoms with van der Waals surface area (Å²) in [6.07, 6.45) is 0.102. The van der Waals surface area contributed by atoms with Crippen molar-refractivity contribution in [3.63, 3.8) is 0 Å². The molecular formula is C15H15NO. The molecule has 3 rings (SSSR count). The average Bonchev–Trinajstić information content (AvgIpc) is 2.40. The number of hydrogen-bond acceptors (Lipinski definition) is 2. The number of hydrogen-bond donors (Lipinski definition) is 1. The Morgan fingerprint density at radius 2 is 1.88 bits per heavy atom. The molecule has 0 aliphatic carbocycles. The van der Waals surface area contributed by atoms with Crippen molar-refractivity contribution >= 4 is 5.69 Å². The molecule has 17 heavy (non-hydrogen) atoms. The van der Waals surface area contributed by atoms with Crippen LogP contribution in [0.1, 0.15) is 17.2 Å². The molecule has 1 N–H and O–H groups in total. The Morgan fingerprint density at radius 1 is 1.06 bits per heavy atom. The summed E-state index contributed by atoms with van der Waals surface area (Å²) in [7, 11) is 0. The quantitative estimate of drug-likeness (QED) is 0.801. The Morgan fingerprint density at radius 3 is 2.71 bits per heavy atom. The van der Waals surface area contributed by atoms with Crippen LogP contribution in [0.3, 0.4) is 0 Å². The second-order valence-electron chi connectivity index (χ2n) is 4.35. The van der Waals surface area contributed by atoms with E-state index in [0.717, 1.165) is 18.0 Å². The fourth-order valence-electron chi connectivity index (χ4n) is 2.21. The largest absolute Gasteiger partial charge is 0.482 e. The summed E-state index contributed by atoms with van der Waals surface area (Å²) in [6, 6.07) is 16.5. The molecule has 1 aliphatic rings. The van der Waals surface area contributed by atoms with Gasteiger partial charge in [0.05, 0.1) is 12.2 Å². The van der Waals surface area contributed by atoms with E-state index in [0.29, 0.717) is 0 Å². The number of para-hydroxylation sites is 1. The molecule has 86 valence electrons. The normalized spacial score (nSPS) is 17.8. The fourth-order valence-corrected chi connectivity index (χ4v) is 2.21. The van der Waals surface area contributed by atoms with Gasteiger partial charge in [0.15, 0.2) is 0 Å². The Kier molecular flexibility index (Phi) is 2.48. The van der Waals surface area contributed by atoms with Crippen LogP contribution in [-0.2, 0) is 0 Å². The van der Waals surface area contributed by atoms with Gasteiger partial charge in [-0.15, -0.1) is 0 Å². The first kappa shape index (κ1) is 10.2. The lowest BCUT2D eigenvalue weighted by Gasteiger charge is -2.28. The molecule has 0 aromatic heterocycles. The van der Waals surface area contributed by atoms with Gasteiger partial charge in [-0.3, -0.25) is 0 Å². The van der Waals surface area contributed by atoms with Crippen molar-refractivity contribution in [2.24, 2.45) is 0 Å². The second-order valence-corrected chi connectivity index (χ2v) is 4.35. The zero-order valence-electron chi connectivity index (χ0n) is 9.81. The van der Waals surface area contributed by atoms with E-state index in [9.17, 15) is 0 Å². The molecule has 1 aliphatic heterocycles. The van der Waals surface area contributed by atoms with Crippen LogP contribution in [0.5, 0.6) is 5.75 Å². The predicted octanol–water partition coefficient (Wildman–Crippen LogP) is 3.54. The lowest BCUT2D eigenvalue weighted by Crippen LogP contribution is -2.24. The number of rotatable bonds is 1. The molecule has 0 radical (unpaired) electrons. The summed E-state index contributed by atoms with van der Waals surface area (Å²) in [5.41, 5.74) is 3.57. The zero-order valence-corrected chi connectivity index (χ0v) is 9.81. The van der Waals surface area contributed by atoms with Crippen molar-refractivity contribution in [1.29, 1.82) is 0 Å². The molecular weight excluding hydrogens is 210 g/mol. The third-order valence-corrected chi connectivity index (χ3v) is 3.14. The maximum Gasteiger partial charge on any atom is 0.143 e. The van der Waals surface area contributed by atoms with Gasteiger partial charge in [-0.25, -0.2) is 0 Å². The van der Waals surface area contributed by atoms with Gasteiger partial charge in [0.1, 0.15) is 11.9 Å². The number of benzene rings is 2. The molecule has 1 heterocycles. The number of fused-ring (bicyclic) bond motifs is 1. The maximum atomic E-state index is 6.04. The van der Waals surface area contributed by atoms with E-state index in [2.05, 4.69) is 30.4 Å². The van der Waals surface area contributed by atoms with Crippen LogP contribution in [-0.4, -0.2) is 6.54 Å². The first-order valence-electron chi connectivity index (χ1n) is 5.90. The van der Waals surface area contributed by atoms with Gasteiger partial charge in [-0.2, -0.15) is 0 Å². The van der Waals surface area contributed by atoms with Crippen molar-refractivity contribution < 1.29 is 4.74 Å². The van der Waals surface area contributed by atoms with Gasteiger partial charge in [0.25, 0.3) is 0 Å². The van der Waals surface area contributed by atoms with E-state index >= 15 is 0 Å². The van der Waals surface area contributed by atoms with Crippen LogP contribution in [0.2, 0.25) is 0 Å². The molecule has 0 amide bonds. The fraction of sp³-hybridized carbons (Fsp3) is 0.200. The van der Waals surface area contributed by atoms with Crippen LogP contribution in [0, 0.1) is 6.92 Å². The second kappa shape index (κ2) is 4.13. The highest BCUT2D eigenvalue weighted by atomic mass is 16.5. The topological polar surface area (TPSA) is 21.3 Å². The van der Waals surface area contributed by atoms with Crippen molar-refractivity contribution in [3.8, 4) is 5.75 Å². The summed E-state index contributed by atoms with van der Waals surface area (Å²) < 4.78 is 6.04.